The van der Waals surface area contributed by atoms with E-state index in [1.165, 1.54) is 12.8 Å². The number of methoxy groups -OCH3 is 1. The molecule has 0 saturated carbocycles. The van der Waals surface area contributed by atoms with Gasteiger partial charge in [0.1, 0.15) is 0 Å². The van der Waals surface area contributed by atoms with Crippen molar-refractivity contribution in [1.82, 2.24) is 5.32 Å². The van der Waals surface area contributed by atoms with Crippen LogP contribution in [0.15, 0.2) is 0 Å². The second-order valence-electron chi connectivity index (χ2n) is 3.87. The van der Waals surface area contributed by atoms with Crippen molar-refractivity contribution in [3.63, 3.8) is 0 Å². The second kappa shape index (κ2) is 12.0. The van der Waals surface area contributed by atoms with E-state index < -0.39 is 0 Å². The zero-order valence-electron chi connectivity index (χ0n) is 10.6. The molecule has 0 rings (SSSR count). The minimum atomic E-state index is 0.699. The number of ether oxygens (including phenoxy) is 2. The molecule has 0 amide bonds. The zero-order chi connectivity index (χ0) is 11.4. The Morgan fingerprint density at radius 1 is 1.13 bits per heavy atom. The SMILES string of the molecule is CCCNCC(CC)CCOCCOC. The molecule has 1 unspecified atom stereocenters. The first-order valence-electron chi connectivity index (χ1n) is 6.12. The monoisotopic (exact) mass is 217 g/mol. The fourth-order valence-corrected chi connectivity index (χ4v) is 1.43. The van der Waals surface area contributed by atoms with Crippen LogP contribution in [0.4, 0.5) is 0 Å². The van der Waals surface area contributed by atoms with Gasteiger partial charge in [-0.05, 0) is 31.8 Å². The first-order valence-corrected chi connectivity index (χ1v) is 6.12. The van der Waals surface area contributed by atoms with Gasteiger partial charge in [-0.25, -0.2) is 0 Å². The largest absolute Gasteiger partial charge is 0.382 e. The Bertz CT molecular complexity index is 120. The molecule has 3 nitrogen and oxygen atoms in total. The maximum Gasteiger partial charge on any atom is 0.0700 e. The van der Waals surface area contributed by atoms with Crippen LogP contribution in [0.3, 0.4) is 0 Å². The smallest absolute Gasteiger partial charge is 0.0700 e. The third kappa shape index (κ3) is 10.2. The predicted molar refractivity (Wildman–Crippen MR) is 64.3 cm³/mol. The van der Waals surface area contributed by atoms with E-state index in [4.69, 9.17) is 9.47 Å². The Labute approximate surface area is 94.5 Å². The van der Waals surface area contributed by atoms with Crippen molar-refractivity contribution in [2.24, 2.45) is 5.92 Å². The van der Waals surface area contributed by atoms with Crippen LogP contribution in [0.25, 0.3) is 0 Å². The Kier molecular flexibility index (Phi) is 11.9. The Morgan fingerprint density at radius 2 is 1.93 bits per heavy atom. The quantitative estimate of drug-likeness (QED) is 0.537. The summed E-state index contributed by atoms with van der Waals surface area (Å²) in [7, 11) is 1.70. The van der Waals surface area contributed by atoms with Gasteiger partial charge in [0, 0.05) is 13.7 Å². The number of hydrogen-bond donors (Lipinski definition) is 1. The standard InChI is InChI=1S/C12H27NO2/c1-4-7-13-11-12(5-2)6-8-15-10-9-14-3/h12-13H,4-11H2,1-3H3. The van der Waals surface area contributed by atoms with Gasteiger partial charge in [0.2, 0.25) is 0 Å². The van der Waals surface area contributed by atoms with Crippen LogP contribution in [0.2, 0.25) is 0 Å². The molecule has 0 aliphatic heterocycles. The summed E-state index contributed by atoms with van der Waals surface area (Å²) in [6.07, 6.45) is 3.59. The Morgan fingerprint density at radius 3 is 2.53 bits per heavy atom. The highest BCUT2D eigenvalue weighted by molar-refractivity contribution is 4.60. The number of nitrogens with one attached hydrogen (secondary N) is 1. The molecule has 0 saturated heterocycles. The lowest BCUT2D eigenvalue weighted by molar-refractivity contribution is 0.0634. The fraction of sp³-hybridized carbons (Fsp3) is 1.00. The van der Waals surface area contributed by atoms with Gasteiger partial charge in [0.05, 0.1) is 13.2 Å². The van der Waals surface area contributed by atoms with Gasteiger partial charge in [-0.3, -0.25) is 0 Å². The number of hydrogen-bond acceptors (Lipinski definition) is 3. The van der Waals surface area contributed by atoms with Crippen molar-refractivity contribution in [2.75, 3.05) is 40.0 Å². The zero-order valence-corrected chi connectivity index (χ0v) is 10.6. The topological polar surface area (TPSA) is 30.5 Å². The Balaban J connectivity index is 3.28. The molecule has 1 N–H and O–H groups in total. The van der Waals surface area contributed by atoms with E-state index in [9.17, 15) is 0 Å². The molecule has 0 aliphatic carbocycles. The highest BCUT2D eigenvalue weighted by atomic mass is 16.5. The van der Waals surface area contributed by atoms with E-state index in [1.807, 2.05) is 0 Å². The van der Waals surface area contributed by atoms with Gasteiger partial charge in [0.15, 0.2) is 0 Å². The molecule has 0 heterocycles. The number of rotatable bonds is 11. The average Bonchev–Trinajstić information content (AvgIpc) is 2.26. The fourth-order valence-electron chi connectivity index (χ4n) is 1.43. The lowest BCUT2D eigenvalue weighted by atomic mass is 10.0. The summed E-state index contributed by atoms with van der Waals surface area (Å²) in [5.74, 6) is 0.749. The summed E-state index contributed by atoms with van der Waals surface area (Å²) in [4.78, 5) is 0. The van der Waals surface area contributed by atoms with Crippen molar-refractivity contribution in [1.29, 1.82) is 0 Å². The molecule has 15 heavy (non-hydrogen) atoms. The molecule has 0 aromatic heterocycles. The van der Waals surface area contributed by atoms with Crippen molar-refractivity contribution in [3.8, 4) is 0 Å². The molecule has 0 fully saturated rings. The van der Waals surface area contributed by atoms with Gasteiger partial charge in [-0.15, -0.1) is 0 Å². The molecule has 1 atom stereocenters. The van der Waals surface area contributed by atoms with Gasteiger partial charge in [-0.2, -0.15) is 0 Å². The lowest BCUT2D eigenvalue weighted by Crippen LogP contribution is -2.24. The van der Waals surface area contributed by atoms with E-state index in [-0.39, 0.29) is 0 Å². The summed E-state index contributed by atoms with van der Waals surface area (Å²) in [6, 6.07) is 0. The minimum Gasteiger partial charge on any atom is -0.382 e. The third-order valence-corrected chi connectivity index (χ3v) is 2.54. The van der Waals surface area contributed by atoms with Crippen LogP contribution in [0.5, 0.6) is 0 Å². The summed E-state index contributed by atoms with van der Waals surface area (Å²) in [6.45, 7) is 8.96. The van der Waals surface area contributed by atoms with Crippen LogP contribution in [0.1, 0.15) is 33.1 Å². The van der Waals surface area contributed by atoms with Crippen LogP contribution in [-0.2, 0) is 9.47 Å². The molecule has 0 spiro atoms. The highest BCUT2D eigenvalue weighted by Gasteiger charge is 2.04. The van der Waals surface area contributed by atoms with Crippen molar-refractivity contribution < 1.29 is 9.47 Å². The third-order valence-electron chi connectivity index (χ3n) is 2.54. The first-order chi connectivity index (χ1) is 7.35. The molecule has 3 heteroatoms. The first kappa shape index (κ1) is 14.9. The molecule has 0 aromatic carbocycles. The predicted octanol–water partition coefficient (Wildman–Crippen LogP) is 2.07. The minimum absolute atomic E-state index is 0.699. The second-order valence-corrected chi connectivity index (χ2v) is 3.87. The maximum absolute atomic E-state index is 5.46. The summed E-state index contributed by atoms with van der Waals surface area (Å²) in [5, 5.41) is 3.46. The Hall–Kier alpha value is -0.120. The molecular formula is C12H27NO2. The normalized spacial score (nSPS) is 13.0. The van der Waals surface area contributed by atoms with Crippen molar-refractivity contribution in [3.05, 3.63) is 0 Å². The molecule has 92 valence electrons. The van der Waals surface area contributed by atoms with E-state index in [0.29, 0.717) is 6.61 Å². The average molecular weight is 217 g/mol. The van der Waals surface area contributed by atoms with E-state index in [0.717, 1.165) is 38.6 Å². The highest BCUT2D eigenvalue weighted by Crippen LogP contribution is 2.06. The van der Waals surface area contributed by atoms with Crippen molar-refractivity contribution >= 4 is 0 Å². The molecular weight excluding hydrogens is 190 g/mol. The molecule has 0 aliphatic rings. The van der Waals surface area contributed by atoms with Gasteiger partial charge < -0.3 is 14.8 Å². The summed E-state index contributed by atoms with van der Waals surface area (Å²) < 4.78 is 10.4. The van der Waals surface area contributed by atoms with E-state index >= 15 is 0 Å². The van der Waals surface area contributed by atoms with Crippen molar-refractivity contribution in [2.45, 2.75) is 33.1 Å². The van der Waals surface area contributed by atoms with Gasteiger partial charge in [0.25, 0.3) is 0 Å². The molecule has 0 aromatic rings. The molecule has 0 bridgehead atoms. The van der Waals surface area contributed by atoms with E-state index in [1.54, 1.807) is 7.11 Å². The van der Waals surface area contributed by atoms with Crippen LogP contribution >= 0.6 is 0 Å². The maximum atomic E-state index is 5.46. The van der Waals surface area contributed by atoms with Gasteiger partial charge in [-0.1, -0.05) is 20.3 Å². The van der Waals surface area contributed by atoms with Crippen LogP contribution in [-0.4, -0.2) is 40.0 Å². The summed E-state index contributed by atoms with van der Waals surface area (Å²) in [5.41, 5.74) is 0. The van der Waals surface area contributed by atoms with Crippen LogP contribution in [0, 0.1) is 5.92 Å². The lowest BCUT2D eigenvalue weighted by Gasteiger charge is -2.15. The summed E-state index contributed by atoms with van der Waals surface area (Å²) >= 11 is 0. The molecule has 0 radical (unpaired) electrons. The van der Waals surface area contributed by atoms with Gasteiger partial charge >= 0.3 is 0 Å². The van der Waals surface area contributed by atoms with E-state index in [2.05, 4.69) is 19.2 Å². The van der Waals surface area contributed by atoms with Crippen LogP contribution < -0.4 is 5.32 Å².